The van der Waals surface area contributed by atoms with Crippen molar-refractivity contribution in [1.29, 1.82) is 0 Å². The molecule has 0 aliphatic heterocycles. The second kappa shape index (κ2) is 9.89. The van der Waals surface area contributed by atoms with Gasteiger partial charge >= 0.3 is 6.18 Å². The molecule has 2 amide bonds. The summed E-state index contributed by atoms with van der Waals surface area (Å²) in [5, 5.41) is 7.29. The van der Waals surface area contributed by atoms with Gasteiger partial charge in [-0.1, -0.05) is 20.8 Å². The maximum Gasteiger partial charge on any atom is 0.416 e. The van der Waals surface area contributed by atoms with Gasteiger partial charge in [0.15, 0.2) is 0 Å². The number of nitrogens with one attached hydrogen (secondary N) is 1. The molecule has 0 unspecified atom stereocenters. The van der Waals surface area contributed by atoms with Crippen LogP contribution in [0.5, 0.6) is 0 Å². The van der Waals surface area contributed by atoms with Crippen molar-refractivity contribution in [1.82, 2.24) is 14.7 Å². The number of alkyl halides is 3. The first-order chi connectivity index (χ1) is 16.3. The fraction of sp³-hybridized carbons (Fsp3) is 0.320. The maximum absolute atomic E-state index is 13.4. The summed E-state index contributed by atoms with van der Waals surface area (Å²) in [6, 6.07) is 11.1. The summed E-state index contributed by atoms with van der Waals surface area (Å²) in [6.45, 7) is 7.37. The number of halogens is 4. The minimum Gasteiger partial charge on any atom is -0.330 e. The minimum atomic E-state index is -4.51. The van der Waals surface area contributed by atoms with Gasteiger partial charge in [0, 0.05) is 23.6 Å². The first-order valence-electron chi connectivity index (χ1n) is 10.9. The zero-order chi connectivity index (χ0) is 26.0. The average molecular weight is 491 g/mol. The molecule has 2 aromatic carbocycles. The number of carbonyl (C=O) groups is 2. The predicted octanol–water partition coefficient (Wildman–Crippen LogP) is 5.43. The van der Waals surface area contributed by atoms with E-state index in [1.165, 1.54) is 33.8 Å². The summed E-state index contributed by atoms with van der Waals surface area (Å²) in [4.78, 5) is 26.9. The van der Waals surface area contributed by atoms with Crippen LogP contribution >= 0.6 is 0 Å². The molecule has 1 N–H and O–H groups in total. The summed E-state index contributed by atoms with van der Waals surface area (Å²) >= 11 is 0. The van der Waals surface area contributed by atoms with E-state index in [0.717, 1.165) is 24.3 Å². The zero-order valence-electron chi connectivity index (χ0n) is 19.8. The van der Waals surface area contributed by atoms with Crippen LogP contribution in [-0.2, 0) is 16.4 Å². The number of amides is 2. The molecular formula is C25H26F4N4O2. The van der Waals surface area contributed by atoms with Crippen LogP contribution in [0.3, 0.4) is 0 Å². The van der Waals surface area contributed by atoms with Gasteiger partial charge in [-0.15, -0.1) is 0 Å². The molecule has 0 bridgehead atoms. The molecule has 3 rings (SSSR count). The molecule has 0 radical (unpaired) electrons. The Morgan fingerprint density at radius 1 is 1.00 bits per heavy atom. The van der Waals surface area contributed by atoms with E-state index >= 15 is 0 Å². The fourth-order valence-corrected chi connectivity index (χ4v) is 3.28. The highest BCUT2D eigenvalue weighted by Gasteiger charge is 2.30. The molecule has 0 atom stereocenters. The number of rotatable bonds is 6. The van der Waals surface area contributed by atoms with Gasteiger partial charge in [0.2, 0.25) is 5.91 Å². The molecule has 0 aliphatic carbocycles. The Morgan fingerprint density at radius 3 is 2.11 bits per heavy atom. The van der Waals surface area contributed by atoms with E-state index in [9.17, 15) is 27.2 Å². The molecule has 0 aliphatic rings. The highest BCUT2D eigenvalue weighted by molar-refractivity contribution is 5.99. The number of hydrogen-bond acceptors (Lipinski definition) is 3. The van der Waals surface area contributed by atoms with Crippen molar-refractivity contribution in [3.05, 3.63) is 77.2 Å². The Labute approximate surface area is 200 Å². The SMILES string of the molecule is CCN(CC(=O)Nc1cc(C(C)(C)C)nn1-c1ccc(F)cc1)C(=O)c1ccc(C(F)(F)F)cc1. The van der Waals surface area contributed by atoms with Gasteiger partial charge in [0.05, 0.1) is 16.9 Å². The second-order valence-electron chi connectivity index (χ2n) is 9.00. The topological polar surface area (TPSA) is 67.2 Å². The largest absolute Gasteiger partial charge is 0.416 e. The van der Waals surface area contributed by atoms with Gasteiger partial charge in [-0.05, 0) is 55.5 Å². The Kier molecular flexibility index (Phi) is 7.33. The molecule has 0 fully saturated rings. The van der Waals surface area contributed by atoms with E-state index in [2.05, 4.69) is 10.4 Å². The number of carbonyl (C=O) groups excluding carboxylic acids is 2. The van der Waals surface area contributed by atoms with Gasteiger partial charge in [0.1, 0.15) is 18.2 Å². The standard InChI is InChI=1S/C25H26F4N4O2/c1-5-32(23(35)16-6-8-17(9-7-16)25(27,28)29)15-22(34)30-21-14-20(24(2,3)4)31-33(21)19-12-10-18(26)11-13-19/h6-14H,5,15H2,1-4H3,(H,30,34). The lowest BCUT2D eigenvalue weighted by Gasteiger charge is -2.21. The van der Waals surface area contributed by atoms with Crippen LogP contribution in [0.1, 0.15) is 49.3 Å². The van der Waals surface area contributed by atoms with Crippen LogP contribution in [0.2, 0.25) is 0 Å². The van der Waals surface area contributed by atoms with E-state index in [1.807, 2.05) is 20.8 Å². The third-order valence-corrected chi connectivity index (χ3v) is 5.28. The smallest absolute Gasteiger partial charge is 0.330 e. The first-order valence-corrected chi connectivity index (χ1v) is 10.9. The second-order valence-corrected chi connectivity index (χ2v) is 9.00. The highest BCUT2D eigenvalue weighted by atomic mass is 19.4. The van der Waals surface area contributed by atoms with Crippen molar-refractivity contribution in [3.8, 4) is 5.69 Å². The van der Waals surface area contributed by atoms with Gasteiger partial charge in [-0.2, -0.15) is 18.3 Å². The number of anilines is 1. The number of hydrogen-bond donors (Lipinski definition) is 1. The summed E-state index contributed by atoms with van der Waals surface area (Å²) in [7, 11) is 0. The predicted molar refractivity (Wildman–Crippen MR) is 124 cm³/mol. The molecule has 3 aromatic rings. The van der Waals surface area contributed by atoms with Crippen molar-refractivity contribution in [3.63, 3.8) is 0 Å². The van der Waals surface area contributed by atoms with Gasteiger partial charge in [0.25, 0.3) is 5.91 Å². The Hall–Kier alpha value is -3.69. The quantitative estimate of drug-likeness (QED) is 0.469. The van der Waals surface area contributed by atoms with Crippen LogP contribution < -0.4 is 5.32 Å². The molecule has 1 aromatic heterocycles. The van der Waals surface area contributed by atoms with Crippen LogP contribution in [0, 0.1) is 5.82 Å². The van der Waals surface area contributed by atoms with Crippen LogP contribution in [0.15, 0.2) is 54.6 Å². The molecular weight excluding hydrogens is 464 g/mol. The minimum absolute atomic E-state index is 0.0408. The Morgan fingerprint density at radius 2 is 1.60 bits per heavy atom. The molecule has 0 spiro atoms. The van der Waals surface area contributed by atoms with Gasteiger partial charge in [-0.3, -0.25) is 9.59 Å². The van der Waals surface area contributed by atoms with E-state index in [-0.39, 0.29) is 24.1 Å². The molecule has 6 nitrogen and oxygen atoms in total. The molecule has 186 valence electrons. The summed E-state index contributed by atoms with van der Waals surface area (Å²) in [5.41, 5.74) is 0.0620. The molecule has 10 heteroatoms. The van der Waals surface area contributed by atoms with Crippen molar-refractivity contribution in [2.75, 3.05) is 18.4 Å². The lowest BCUT2D eigenvalue weighted by atomic mass is 9.92. The third-order valence-electron chi connectivity index (χ3n) is 5.28. The Bertz CT molecular complexity index is 1190. The van der Waals surface area contributed by atoms with E-state index in [1.54, 1.807) is 13.0 Å². The summed E-state index contributed by atoms with van der Waals surface area (Å²) < 4.78 is 53.3. The third kappa shape index (κ3) is 6.26. The summed E-state index contributed by atoms with van der Waals surface area (Å²) in [6.07, 6.45) is -4.51. The van der Waals surface area contributed by atoms with Crippen molar-refractivity contribution in [2.24, 2.45) is 0 Å². The monoisotopic (exact) mass is 490 g/mol. The van der Waals surface area contributed by atoms with Crippen LogP contribution in [0.25, 0.3) is 5.69 Å². The number of aromatic nitrogens is 2. The van der Waals surface area contributed by atoms with E-state index in [0.29, 0.717) is 17.2 Å². The molecule has 0 saturated heterocycles. The molecule has 35 heavy (non-hydrogen) atoms. The number of nitrogens with zero attached hydrogens (tertiary/aromatic N) is 3. The molecule has 0 saturated carbocycles. The van der Waals surface area contributed by atoms with Gasteiger partial charge in [-0.25, -0.2) is 9.07 Å². The lowest BCUT2D eigenvalue weighted by molar-refractivity contribution is -0.137. The number of benzene rings is 2. The van der Waals surface area contributed by atoms with E-state index in [4.69, 9.17) is 0 Å². The fourth-order valence-electron chi connectivity index (χ4n) is 3.28. The van der Waals surface area contributed by atoms with Crippen molar-refractivity contribution in [2.45, 2.75) is 39.3 Å². The normalized spacial score (nSPS) is 11.9. The van der Waals surface area contributed by atoms with Crippen LogP contribution in [-0.4, -0.2) is 39.6 Å². The van der Waals surface area contributed by atoms with Crippen molar-refractivity contribution >= 4 is 17.6 Å². The molecule has 1 heterocycles. The zero-order valence-corrected chi connectivity index (χ0v) is 19.8. The number of likely N-dealkylation sites (N-methyl/N-ethyl adjacent to an activating group) is 1. The van der Waals surface area contributed by atoms with Crippen molar-refractivity contribution < 1.29 is 27.2 Å². The summed E-state index contributed by atoms with van der Waals surface area (Å²) in [5.74, 6) is -1.16. The first kappa shape index (κ1) is 25.9. The Balaban J connectivity index is 1.80. The van der Waals surface area contributed by atoms with Crippen LogP contribution in [0.4, 0.5) is 23.4 Å². The highest BCUT2D eigenvalue weighted by Crippen LogP contribution is 2.29. The maximum atomic E-state index is 13.4. The average Bonchev–Trinajstić information content (AvgIpc) is 3.21. The van der Waals surface area contributed by atoms with E-state index < -0.39 is 29.4 Å². The lowest BCUT2D eigenvalue weighted by Crippen LogP contribution is -2.38. The van der Waals surface area contributed by atoms with Gasteiger partial charge < -0.3 is 10.2 Å².